The average molecular weight is 497 g/mol. The van der Waals surface area contributed by atoms with E-state index in [9.17, 15) is 4.79 Å². The standard InChI is InChI=1S/C24H25ClN6O2S/c1-16-22(17(2)31(29-16)20-7-5-4-6-8-20)26-21(32)15-34-24-28-27-23(30(24)13-14-33-3)18-9-11-19(25)12-10-18/h4-12H,13-15H2,1-3H3,(H,26,32). The number of amides is 1. The van der Waals surface area contributed by atoms with Gasteiger partial charge in [0.25, 0.3) is 0 Å². The van der Waals surface area contributed by atoms with E-state index < -0.39 is 0 Å². The van der Waals surface area contributed by atoms with Crippen molar-refractivity contribution in [2.24, 2.45) is 0 Å². The van der Waals surface area contributed by atoms with E-state index in [1.807, 2.05) is 77.7 Å². The zero-order valence-electron chi connectivity index (χ0n) is 19.2. The first kappa shape index (κ1) is 24.0. The molecule has 1 amide bonds. The number of anilines is 1. The van der Waals surface area contributed by atoms with Gasteiger partial charge in [-0.2, -0.15) is 5.10 Å². The molecule has 0 aliphatic heterocycles. The second-order valence-corrected chi connectivity index (χ2v) is 8.97. The first-order valence-corrected chi connectivity index (χ1v) is 12.1. The molecule has 10 heteroatoms. The number of ether oxygens (including phenoxy) is 1. The van der Waals surface area contributed by atoms with Gasteiger partial charge in [0.1, 0.15) is 0 Å². The van der Waals surface area contributed by atoms with Gasteiger partial charge >= 0.3 is 0 Å². The summed E-state index contributed by atoms with van der Waals surface area (Å²) in [5.74, 6) is 0.742. The fraction of sp³-hybridized carbons (Fsp3) is 0.250. The van der Waals surface area contributed by atoms with Crippen LogP contribution in [0, 0.1) is 13.8 Å². The summed E-state index contributed by atoms with van der Waals surface area (Å²) >= 11 is 7.35. The molecule has 4 aromatic rings. The van der Waals surface area contributed by atoms with Crippen LogP contribution < -0.4 is 5.32 Å². The minimum Gasteiger partial charge on any atom is -0.383 e. The van der Waals surface area contributed by atoms with E-state index in [1.165, 1.54) is 11.8 Å². The number of rotatable bonds is 9. The van der Waals surface area contributed by atoms with E-state index >= 15 is 0 Å². The van der Waals surface area contributed by atoms with E-state index in [0.29, 0.717) is 29.2 Å². The maximum Gasteiger partial charge on any atom is 0.234 e. The Morgan fingerprint density at radius 1 is 1.09 bits per heavy atom. The van der Waals surface area contributed by atoms with Crippen molar-refractivity contribution < 1.29 is 9.53 Å². The molecule has 0 fully saturated rings. The van der Waals surface area contributed by atoms with E-state index in [1.54, 1.807) is 7.11 Å². The summed E-state index contributed by atoms with van der Waals surface area (Å²) in [5.41, 5.74) is 4.18. The number of carbonyl (C=O) groups is 1. The Morgan fingerprint density at radius 3 is 2.53 bits per heavy atom. The maximum atomic E-state index is 12.8. The summed E-state index contributed by atoms with van der Waals surface area (Å²) in [6, 6.07) is 17.2. The summed E-state index contributed by atoms with van der Waals surface area (Å²) < 4.78 is 9.04. The van der Waals surface area contributed by atoms with Crippen LogP contribution in [-0.2, 0) is 16.1 Å². The Bertz CT molecular complexity index is 1270. The number of aromatic nitrogens is 5. The normalized spacial score (nSPS) is 11.1. The minimum atomic E-state index is -0.141. The average Bonchev–Trinajstić information content (AvgIpc) is 3.38. The number of nitrogens with zero attached hydrogens (tertiary/aromatic N) is 5. The lowest BCUT2D eigenvalue weighted by atomic mass is 10.2. The van der Waals surface area contributed by atoms with Crippen LogP contribution >= 0.6 is 23.4 Å². The smallest absolute Gasteiger partial charge is 0.234 e. The number of carbonyl (C=O) groups excluding carboxylic acids is 1. The van der Waals surface area contributed by atoms with Crippen molar-refractivity contribution in [3.63, 3.8) is 0 Å². The summed E-state index contributed by atoms with van der Waals surface area (Å²) in [4.78, 5) is 12.8. The SMILES string of the molecule is COCCn1c(SCC(=O)Nc2c(C)nn(-c3ccccc3)c2C)nnc1-c1ccc(Cl)cc1. The van der Waals surface area contributed by atoms with Crippen molar-refractivity contribution in [1.82, 2.24) is 24.5 Å². The Morgan fingerprint density at radius 2 is 1.82 bits per heavy atom. The first-order valence-electron chi connectivity index (χ1n) is 10.7. The highest BCUT2D eigenvalue weighted by Gasteiger charge is 2.18. The number of halogens is 1. The number of para-hydroxylation sites is 1. The van der Waals surface area contributed by atoms with Gasteiger partial charge in [0.05, 0.1) is 41.7 Å². The van der Waals surface area contributed by atoms with Gasteiger partial charge in [-0.25, -0.2) is 4.68 Å². The number of nitrogens with one attached hydrogen (secondary N) is 1. The third-order valence-corrected chi connectivity index (χ3v) is 6.45. The number of methoxy groups -OCH3 is 1. The fourth-order valence-corrected chi connectivity index (χ4v) is 4.43. The van der Waals surface area contributed by atoms with Crippen LogP contribution in [-0.4, -0.2) is 49.9 Å². The number of thioether (sulfide) groups is 1. The highest BCUT2D eigenvalue weighted by atomic mass is 35.5. The Hall–Kier alpha value is -3.14. The molecule has 0 radical (unpaired) electrons. The second kappa shape index (κ2) is 10.9. The monoisotopic (exact) mass is 496 g/mol. The molecule has 0 aliphatic carbocycles. The summed E-state index contributed by atoms with van der Waals surface area (Å²) in [6.45, 7) is 4.88. The Balaban J connectivity index is 1.48. The zero-order chi connectivity index (χ0) is 24.1. The van der Waals surface area contributed by atoms with Crippen molar-refractivity contribution in [2.75, 3.05) is 24.8 Å². The molecule has 0 saturated heterocycles. The largest absolute Gasteiger partial charge is 0.383 e. The summed E-state index contributed by atoms with van der Waals surface area (Å²) in [7, 11) is 1.65. The molecule has 4 rings (SSSR count). The molecule has 0 saturated carbocycles. The second-order valence-electron chi connectivity index (χ2n) is 7.59. The molecule has 0 aliphatic rings. The molecule has 1 N–H and O–H groups in total. The molecule has 0 spiro atoms. The summed E-state index contributed by atoms with van der Waals surface area (Å²) in [6.07, 6.45) is 0. The van der Waals surface area contributed by atoms with Gasteiger partial charge in [-0.05, 0) is 50.2 Å². The quantitative estimate of drug-likeness (QED) is 0.336. The van der Waals surface area contributed by atoms with Gasteiger partial charge in [-0.15, -0.1) is 10.2 Å². The van der Waals surface area contributed by atoms with Gasteiger partial charge in [0.2, 0.25) is 5.91 Å². The van der Waals surface area contributed by atoms with Gasteiger partial charge in [-0.1, -0.05) is 41.6 Å². The molecule has 0 atom stereocenters. The van der Waals surface area contributed by atoms with Crippen LogP contribution in [0.15, 0.2) is 59.8 Å². The van der Waals surface area contributed by atoms with Crippen LogP contribution in [0.1, 0.15) is 11.4 Å². The highest BCUT2D eigenvalue weighted by molar-refractivity contribution is 7.99. The van der Waals surface area contributed by atoms with E-state index in [0.717, 1.165) is 28.3 Å². The first-order chi connectivity index (χ1) is 16.5. The highest BCUT2D eigenvalue weighted by Crippen LogP contribution is 2.26. The van der Waals surface area contributed by atoms with E-state index in [4.69, 9.17) is 16.3 Å². The summed E-state index contributed by atoms with van der Waals surface area (Å²) in [5, 5.41) is 17.6. The number of aryl methyl sites for hydroxylation is 1. The molecular formula is C24H25ClN6O2S. The molecular weight excluding hydrogens is 472 g/mol. The molecule has 2 aromatic heterocycles. The van der Waals surface area contributed by atoms with Gasteiger partial charge in [-0.3, -0.25) is 9.36 Å². The van der Waals surface area contributed by atoms with E-state index in [2.05, 4.69) is 20.6 Å². The van der Waals surface area contributed by atoms with Crippen molar-refractivity contribution in [3.8, 4) is 17.1 Å². The predicted octanol–water partition coefficient (Wildman–Crippen LogP) is 4.78. The lowest BCUT2D eigenvalue weighted by Crippen LogP contribution is -2.16. The molecule has 0 unspecified atom stereocenters. The third kappa shape index (κ3) is 5.32. The molecule has 8 nitrogen and oxygen atoms in total. The molecule has 2 heterocycles. The lowest BCUT2D eigenvalue weighted by molar-refractivity contribution is -0.113. The molecule has 2 aromatic carbocycles. The molecule has 176 valence electrons. The Labute approximate surface area is 207 Å². The van der Waals surface area contributed by atoms with Crippen LogP contribution in [0.5, 0.6) is 0 Å². The van der Waals surface area contributed by atoms with Crippen molar-refractivity contribution >= 4 is 35.0 Å². The van der Waals surface area contributed by atoms with Crippen LogP contribution in [0.25, 0.3) is 17.1 Å². The van der Waals surface area contributed by atoms with Crippen LogP contribution in [0.2, 0.25) is 5.02 Å². The predicted molar refractivity (Wildman–Crippen MR) is 135 cm³/mol. The Kier molecular flexibility index (Phi) is 7.66. The number of hydrogen-bond donors (Lipinski definition) is 1. The lowest BCUT2D eigenvalue weighted by Gasteiger charge is -2.10. The zero-order valence-corrected chi connectivity index (χ0v) is 20.7. The minimum absolute atomic E-state index is 0.141. The van der Waals surface area contributed by atoms with Gasteiger partial charge in [0, 0.05) is 17.7 Å². The van der Waals surface area contributed by atoms with Crippen molar-refractivity contribution in [1.29, 1.82) is 0 Å². The number of hydrogen-bond acceptors (Lipinski definition) is 6. The van der Waals surface area contributed by atoms with Crippen LogP contribution in [0.3, 0.4) is 0 Å². The van der Waals surface area contributed by atoms with E-state index in [-0.39, 0.29) is 11.7 Å². The maximum absolute atomic E-state index is 12.8. The number of benzene rings is 2. The molecule has 34 heavy (non-hydrogen) atoms. The van der Waals surface area contributed by atoms with Gasteiger partial charge in [0.15, 0.2) is 11.0 Å². The van der Waals surface area contributed by atoms with Gasteiger partial charge < -0.3 is 10.1 Å². The third-order valence-electron chi connectivity index (χ3n) is 5.23. The topological polar surface area (TPSA) is 86.9 Å². The van der Waals surface area contributed by atoms with Crippen molar-refractivity contribution in [3.05, 3.63) is 71.0 Å². The van der Waals surface area contributed by atoms with Crippen molar-refractivity contribution in [2.45, 2.75) is 25.5 Å². The molecule has 0 bridgehead atoms. The van der Waals surface area contributed by atoms with Crippen LogP contribution in [0.4, 0.5) is 5.69 Å². The fourth-order valence-electron chi connectivity index (χ4n) is 3.54.